The lowest BCUT2D eigenvalue weighted by Gasteiger charge is -2.17. The topological polar surface area (TPSA) is 37.4 Å². The Bertz CT molecular complexity index is 407. The molecule has 0 atom stereocenters. The number of hydrogen-bond acceptors (Lipinski definition) is 2. The van der Waals surface area contributed by atoms with Gasteiger partial charge in [-0.1, -0.05) is 26.0 Å². The summed E-state index contributed by atoms with van der Waals surface area (Å²) in [4.78, 5) is 24.1. The van der Waals surface area contributed by atoms with Gasteiger partial charge < -0.3 is 4.90 Å². The number of nitrogens with zero attached hydrogens (tertiary/aromatic N) is 1. The highest BCUT2D eigenvalue weighted by molar-refractivity contribution is 6.04. The summed E-state index contributed by atoms with van der Waals surface area (Å²) in [7, 11) is 1.69. The molecule has 0 aromatic heterocycles. The van der Waals surface area contributed by atoms with Gasteiger partial charge >= 0.3 is 0 Å². The molecule has 1 rings (SSSR count). The van der Waals surface area contributed by atoms with Gasteiger partial charge in [-0.2, -0.15) is 0 Å². The first-order valence-corrected chi connectivity index (χ1v) is 5.77. The Morgan fingerprint density at radius 3 is 2.12 bits per heavy atom. The molecule has 1 aromatic carbocycles. The van der Waals surface area contributed by atoms with Crippen molar-refractivity contribution in [1.82, 2.24) is 0 Å². The van der Waals surface area contributed by atoms with E-state index in [1.54, 1.807) is 7.05 Å². The van der Waals surface area contributed by atoms with Crippen molar-refractivity contribution in [2.75, 3.05) is 11.9 Å². The summed E-state index contributed by atoms with van der Waals surface area (Å²) in [6, 6.07) is 7.84. The van der Waals surface area contributed by atoms with E-state index >= 15 is 0 Å². The minimum absolute atomic E-state index is 0.0393. The van der Waals surface area contributed by atoms with Crippen LogP contribution in [0.1, 0.15) is 38.7 Å². The van der Waals surface area contributed by atoms with Crippen LogP contribution >= 0.6 is 0 Å². The Kier molecular flexibility index (Phi) is 4.44. The summed E-state index contributed by atoms with van der Waals surface area (Å²) in [6.07, 6.45) is -0.0393. The van der Waals surface area contributed by atoms with Crippen molar-refractivity contribution >= 4 is 17.4 Å². The smallest absolute Gasteiger partial charge is 0.234 e. The third-order valence-electron chi connectivity index (χ3n) is 2.72. The number of carbonyl (C=O) groups is 2. The molecule has 0 unspecified atom stereocenters. The van der Waals surface area contributed by atoms with Crippen molar-refractivity contribution in [1.29, 1.82) is 0 Å². The molecule has 0 aliphatic rings. The lowest BCUT2D eigenvalue weighted by molar-refractivity contribution is -0.125. The molecular formula is C14H19NO2. The third kappa shape index (κ3) is 3.70. The van der Waals surface area contributed by atoms with Gasteiger partial charge in [0.2, 0.25) is 5.91 Å². The van der Waals surface area contributed by atoms with E-state index in [9.17, 15) is 9.59 Å². The molecule has 0 aliphatic heterocycles. The van der Waals surface area contributed by atoms with Gasteiger partial charge in [0.25, 0.3) is 0 Å². The van der Waals surface area contributed by atoms with Gasteiger partial charge in [-0.05, 0) is 30.5 Å². The fraction of sp³-hybridized carbons (Fsp3) is 0.429. The van der Waals surface area contributed by atoms with E-state index in [1.165, 1.54) is 17.4 Å². The molecule has 0 aliphatic carbocycles. The van der Waals surface area contributed by atoms with E-state index in [2.05, 4.69) is 13.8 Å². The van der Waals surface area contributed by atoms with Crippen molar-refractivity contribution in [3.63, 3.8) is 0 Å². The lowest BCUT2D eigenvalue weighted by Crippen LogP contribution is -2.27. The number of carbonyl (C=O) groups excluding carboxylic acids is 2. The summed E-state index contributed by atoms with van der Waals surface area (Å²) < 4.78 is 0. The Labute approximate surface area is 102 Å². The van der Waals surface area contributed by atoms with Gasteiger partial charge in [-0.15, -0.1) is 0 Å². The maximum atomic E-state index is 11.7. The molecule has 0 fully saturated rings. The number of amides is 1. The van der Waals surface area contributed by atoms with Crippen molar-refractivity contribution < 1.29 is 9.59 Å². The quantitative estimate of drug-likeness (QED) is 0.750. The largest absolute Gasteiger partial charge is 0.315 e. The second-order valence-corrected chi connectivity index (χ2v) is 4.58. The molecular weight excluding hydrogens is 214 g/mol. The maximum absolute atomic E-state index is 11.7. The third-order valence-corrected chi connectivity index (χ3v) is 2.72. The van der Waals surface area contributed by atoms with Gasteiger partial charge in [0.1, 0.15) is 5.78 Å². The van der Waals surface area contributed by atoms with Crippen LogP contribution in [0.3, 0.4) is 0 Å². The summed E-state index contributed by atoms with van der Waals surface area (Å²) in [6.45, 7) is 5.67. The number of Topliss-reactive ketones (excluding diaryl/α,β-unsaturated/α-hetero) is 1. The van der Waals surface area contributed by atoms with Gasteiger partial charge in [-0.3, -0.25) is 9.59 Å². The summed E-state index contributed by atoms with van der Waals surface area (Å²) in [5.74, 6) is 0.192. The zero-order chi connectivity index (χ0) is 13.0. The zero-order valence-corrected chi connectivity index (χ0v) is 10.9. The fourth-order valence-corrected chi connectivity index (χ4v) is 1.56. The Balaban J connectivity index is 2.79. The molecule has 0 bridgehead atoms. The molecule has 3 heteroatoms. The van der Waals surface area contributed by atoms with Crippen LogP contribution in [-0.4, -0.2) is 18.7 Å². The summed E-state index contributed by atoms with van der Waals surface area (Å²) in [5, 5.41) is 0. The first-order valence-electron chi connectivity index (χ1n) is 5.77. The van der Waals surface area contributed by atoms with Gasteiger partial charge in [-0.25, -0.2) is 0 Å². The standard InChI is InChI=1S/C14H19NO2/c1-10(2)12-5-7-13(8-6-12)15(4)14(17)9-11(3)16/h5-8,10H,9H2,1-4H3. The highest BCUT2D eigenvalue weighted by Gasteiger charge is 2.12. The molecule has 0 spiro atoms. The first-order chi connectivity index (χ1) is 7.91. The fourth-order valence-electron chi connectivity index (χ4n) is 1.56. The molecule has 0 saturated heterocycles. The second kappa shape index (κ2) is 5.62. The average molecular weight is 233 g/mol. The van der Waals surface area contributed by atoms with E-state index in [-0.39, 0.29) is 18.1 Å². The number of rotatable bonds is 4. The number of anilines is 1. The zero-order valence-electron chi connectivity index (χ0n) is 10.9. The predicted octanol–water partition coefficient (Wildman–Crippen LogP) is 2.75. The second-order valence-electron chi connectivity index (χ2n) is 4.58. The minimum atomic E-state index is -0.171. The predicted molar refractivity (Wildman–Crippen MR) is 69.2 cm³/mol. The summed E-state index contributed by atoms with van der Waals surface area (Å²) in [5.41, 5.74) is 2.06. The Morgan fingerprint density at radius 1 is 1.18 bits per heavy atom. The van der Waals surface area contributed by atoms with Crippen molar-refractivity contribution in [2.24, 2.45) is 0 Å². The lowest BCUT2D eigenvalue weighted by atomic mass is 10.0. The van der Waals surface area contributed by atoms with E-state index < -0.39 is 0 Å². The van der Waals surface area contributed by atoms with Crippen LogP contribution in [0, 0.1) is 0 Å². The summed E-state index contributed by atoms with van der Waals surface area (Å²) >= 11 is 0. The first kappa shape index (κ1) is 13.4. The number of benzene rings is 1. The van der Waals surface area contributed by atoms with Gasteiger partial charge in [0.15, 0.2) is 0 Å². The Hall–Kier alpha value is -1.64. The van der Waals surface area contributed by atoms with E-state index in [1.807, 2.05) is 24.3 Å². The molecule has 92 valence electrons. The van der Waals surface area contributed by atoms with Crippen molar-refractivity contribution in [3.8, 4) is 0 Å². The monoisotopic (exact) mass is 233 g/mol. The van der Waals surface area contributed by atoms with E-state index in [4.69, 9.17) is 0 Å². The molecule has 0 radical (unpaired) electrons. The van der Waals surface area contributed by atoms with Crippen LogP contribution in [0.2, 0.25) is 0 Å². The van der Waals surface area contributed by atoms with Gasteiger partial charge in [0, 0.05) is 12.7 Å². The minimum Gasteiger partial charge on any atom is -0.315 e. The Morgan fingerprint density at radius 2 is 1.71 bits per heavy atom. The van der Waals surface area contributed by atoms with Crippen LogP contribution in [0.25, 0.3) is 0 Å². The van der Waals surface area contributed by atoms with Crippen LogP contribution in [0.15, 0.2) is 24.3 Å². The highest BCUT2D eigenvalue weighted by atomic mass is 16.2. The molecule has 0 saturated carbocycles. The van der Waals surface area contributed by atoms with Crippen LogP contribution < -0.4 is 4.90 Å². The number of hydrogen-bond donors (Lipinski definition) is 0. The van der Waals surface area contributed by atoms with E-state index in [0.29, 0.717) is 5.92 Å². The molecule has 3 nitrogen and oxygen atoms in total. The number of ketones is 1. The molecule has 17 heavy (non-hydrogen) atoms. The maximum Gasteiger partial charge on any atom is 0.234 e. The normalized spacial score (nSPS) is 10.4. The van der Waals surface area contributed by atoms with Crippen molar-refractivity contribution in [3.05, 3.63) is 29.8 Å². The molecule has 0 N–H and O–H groups in total. The average Bonchev–Trinajstić information content (AvgIpc) is 2.27. The molecule has 1 amide bonds. The highest BCUT2D eigenvalue weighted by Crippen LogP contribution is 2.19. The van der Waals surface area contributed by atoms with Crippen LogP contribution in [0.4, 0.5) is 5.69 Å². The van der Waals surface area contributed by atoms with Crippen molar-refractivity contribution in [2.45, 2.75) is 33.1 Å². The van der Waals surface area contributed by atoms with E-state index in [0.717, 1.165) is 5.69 Å². The van der Waals surface area contributed by atoms with Crippen LogP contribution in [0.5, 0.6) is 0 Å². The molecule has 1 aromatic rings. The van der Waals surface area contributed by atoms with Crippen LogP contribution in [-0.2, 0) is 9.59 Å². The SMILES string of the molecule is CC(=O)CC(=O)N(C)c1ccc(C(C)C)cc1. The van der Waals surface area contributed by atoms with Gasteiger partial charge in [0.05, 0.1) is 6.42 Å². The molecule has 0 heterocycles.